The van der Waals surface area contributed by atoms with E-state index >= 15 is 0 Å². The van der Waals surface area contributed by atoms with Crippen molar-refractivity contribution < 1.29 is 9.47 Å². The van der Waals surface area contributed by atoms with Gasteiger partial charge in [0.05, 0.1) is 11.9 Å². The van der Waals surface area contributed by atoms with Gasteiger partial charge in [0.15, 0.2) is 0 Å². The number of rotatable bonds is 1. The van der Waals surface area contributed by atoms with Crippen LogP contribution in [-0.4, -0.2) is 56.8 Å². The Morgan fingerprint density at radius 2 is 1.07 bits per heavy atom. The van der Waals surface area contributed by atoms with Crippen LogP contribution in [0.2, 0.25) is 0 Å². The maximum atomic E-state index is 6.80. The molecule has 12 heteroatoms. The van der Waals surface area contributed by atoms with Crippen molar-refractivity contribution >= 4 is 33.5 Å². The van der Waals surface area contributed by atoms with Gasteiger partial charge in [-0.2, -0.15) is 0 Å². The average Bonchev–Trinajstić information content (AvgIpc) is 3.22. The van der Waals surface area contributed by atoms with E-state index in [1.807, 2.05) is 42.6 Å². The number of nitrogens with zero attached hydrogens (tertiary/aromatic N) is 6. The normalized spacial score (nSPS) is 19.1. The van der Waals surface area contributed by atoms with Crippen LogP contribution in [0.25, 0.3) is 5.57 Å². The molecule has 1 saturated heterocycles. The van der Waals surface area contributed by atoms with Crippen LogP contribution >= 0.6 is 0 Å². The smallest absolute Gasteiger partial charge is 0.385 e. The highest BCUT2D eigenvalue weighted by Crippen LogP contribution is 2.60. The van der Waals surface area contributed by atoms with Crippen LogP contribution in [0, 0.1) is 5.41 Å². The van der Waals surface area contributed by atoms with Gasteiger partial charge in [0.25, 0.3) is 0 Å². The minimum absolute atomic E-state index is 0.0305. The number of ether oxygens (including phenoxy) is 2. The van der Waals surface area contributed by atoms with Crippen molar-refractivity contribution in [1.29, 1.82) is 0 Å². The van der Waals surface area contributed by atoms with E-state index in [-0.39, 0.29) is 33.3 Å². The summed E-state index contributed by atoms with van der Waals surface area (Å²) in [5, 5.41) is 0. The molecule has 4 aromatic rings. The lowest BCUT2D eigenvalue weighted by Gasteiger charge is -2.55. The molecule has 7 aliphatic heterocycles. The lowest BCUT2D eigenvalue weighted by molar-refractivity contribution is 0.382. The largest absolute Gasteiger partial charge is 0.457 e. The molecule has 0 amide bonds. The molecule has 0 unspecified atom stereocenters. The number of hydrogen-bond acceptors (Lipinski definition) is 8. The second kappa shape index (κ2) is 11.9. The van der Waals surface area contributed by atoms with E-state index in [1.54, 1.807) is 0 Å². The molecule has 0 atom stereocenters. The first-order chi connectivity index (χ1) is 26.9. The van der Waals surface area contributed by atoms with Crippen molar-refractivity contribution in [1.82, 2.24) is 28.9 Å². The van der Waals surface area contributed by atoms with Gasteiger partial charge in [-0.05, 0) is 83.8 Å². The first kappa shape index (κ1) is 32.2. The number of hydrogen-bond donors (Lipinski definition) is 0. The lowest BCUT2D eigenvalue weighted by Crippen LogP contribution is -2.74. The summed E-state index contributed by atoms with van der Waals surface area (Å²) in [6.07, 6.45) is 26.0. The first-order valence-corrected chi connectivity index (χ1v) is 19.0. The highest BCUT2D eigenvalue weighted by atomic mass is 16.5. The van der Waals surface area contributed by atoms with Crippen LogP contribution in [0.5, 0.6) is 23.1 Å². The van der Waals surface area contributed by atoms with E-state index in [0.29, 0.717) is 5.88 Å². The summed E-state index contributed by atoms with van der Waals surface area (Å²) in [6, 6.07) is 24.8. The minimum Gasteiger partial charge on any atom is -0.457 e. The molecule has 8 heterocycles. The van der Waals surface area contributed by atoms with Gasteiger partial charge in [0.1, 0.15) is 28.4 Å². The summed E-state index contributed by atoms with van der Waals surface area (Å²) in [5.41, 5.74) is 5.80. The van der Waals surface area contributed by atoms with E-state index in [4.69, 9.17) is 19.4 Å². The molecule has 1 fully saturated rings. The molecule has 0 aliphatic carbocycles. The van der Waals surface area contributed by atoms with E-state index in [1.165, 1.54) is 5.47 Å². The summed E-state index contributed by atoms with van der Waals surface area (Å²) in [4.78, 5) is 10.9. The van der Waals surface area contributed by atoms with Gasteiger partial charge in [-0.15, -0.1) is 0 Å². The van der Waals surface area contributed by atoms with E-state index < -0.39 is 5.41 Å². The van der Waals surface area contributed by atoms with Crippen molar-refractivity contribution in [3.05, 3.63) is 198 Å². The molecular weight excluding hydrogens is 676 g/mol. The summed E-state index contributed by atoms with van der Waals surface area (Å²) in [6.45, 7) is 6.75. The molecule has 7 aliphatic rings. The molecule has 55 heavy (non-hydrogen) atoms. The number of allylic oxidation sites excluding steroid dienone is 9. The molecule has 0 saturated carbocycles. The maximum Gasteiger partial charge on any atom is 0.385 e. The predicted molar refractivity (Wildman–Crippen MR) is 221 cm³/mol. The lowest BCUT2D eigenvalue weighted by atomic mass is 9.38. The third-order valence-corrected chi connectivity index (χ3v) is 11.8. The topological polar surface area (TPSA) is 57.2 Å². The molecule has 11 rings (SSSR count). The Labute approximate surface area is 323 Å². The van der Waals surface area contributed by atoms with Gasteiger partial charge >= 0.3 is 27.9 Å². The van der Waals surface area contributed by atoms with Gasteiger partial charge < -0.3 is 28.4 Å². The Hall–Kier alpha value is -6.28. The van der Waals surface area contributed by atoms with Crippen LogP contribution < -0.4 is 9.47 Å². The first-order valence-electron chi connectivity index (χ1n) is 19.0. The highest BCUT2D eigenvalue weighted by molar-refractivity contribution is 6.93. The van der Waals surface area contributed by atoms with Crippen LogP contribution in [0.3, 0.4) is 0 Å². The molecule has 3 aromatic carbocycles. The zero-order valence-electron chi connectivity index (χ0n) is 30.9. The minimum atomic E-state index is -0.795. The number of aromatic nitrogens is 2. The predicted octanol–water partition coefficient (Wildman–Crippen LogP) is 7.98. The second-order valence-electron chi connectivity index (χ2n) is 15.8. The van der Waals surface area contributed by atoms with Crippen molar-refractivity contribution in [3.63, 3.8) is 0 Å². The Morgan fingerprint density at radius 3 is 1.64 bits per heavy atom. The maximum absolute atomic E-state index is 6.80. The zero-order chi connectivity index (χ0) is 36.9. The molecule has 0 N–H and O–H groups in total. The van der Waals surface area contributed by atoms with Gasteiger partial charge in [-0.1, -0.05) is 112 Å². The van der Waals surface area contributed by atoms with Gasteiger partial charge in [0, 0.05) is 16.7 Å². The Balaban J connectivity index is 1.13. The third-order valence-electron chi connectivity index (χ3n) is 11.8. The molecule has 0 bridgehead atoms. The zero-order valence-corrected chi connectivity index (χ0v) is 30.9. The monoisotopic (exact) mass is 712 g/mol. The standard InChI is InChI=1S/C43H36B4N6O2/c1-42(2,3)39-31(22-29-53-46-25-11-14-27-51(46)44-23-10-13-26-50(44)45-24-12-15-28-52(45)47(39)53)35-30-48-40-41(49-35)55-38-21-9-6-18-34(38)43(40)32-16-4-7-19-36(32)54-37-20-8-5-17-33(37)43/h4-30H,1-3H3. The summed E-state index contributed by atoms with van der Waals surface area (Å²) >= 11 is 0. The third kappa shape index (κ3) is 4.57. The van der Waals surface area contributed by atoms with Crippen LogP contribution in [0.4, 0.5) is 0 Å². The summed E-state index contributed by atoms with van der Waals surface area (Å²) in [5.74, 6) is 9.72. The Kier molecular flexibility index (Phi) is 6.94. The molecule has 1 spiro atoms. The van der Waals surface area contributed by atoms with Crippen LogP contribution in [-0.2, 0) is 5.41 Å². The average molecular weight is 712 g/mol. The van der Waals surface area contributed by atoms with Gasteiger partial charge in [-0.3, -0.25) is 4.98 Å². The summed E-state index contributed by atoms with van der Waals surface area (Å²) in [7, 11) is 0. The van der Waals surface area contributed by atoms with Gasteiger partial charge in [-0.25, -0.2) is 4.98 Å². The fraction of sp³-hybridized carbons (Fsp3) is 0.116. The molecular formula is C43H36B4N6O2. The Bertz CT molecular complexity index is 2440. The van der Waals surface area contributed by atoms with E-state index in [0.717, 1.165) is 50.9 Å². The van der Waals surface area contributed by atoms with Crippen LogP contribution in [0.15, 0.2) is 170 Å². The fourth-order valence-electron chi connectivity index (χ4n) is 9.61. The van der Waals surface area contributed by atoms with Crippen molar-refractivity contribution in [2.24, 2.45) is 5.41 Å². The Morgan fingerprint density at radius 1 is 0.582 bits per heavy atom. The molecule has 1 aromatic heterocycles. The number of para-hydroxylation sites is 3. The molecule has 262 valence electrons. The highest BCUT2D eigenvalue weighted by Gasteiger charge is 2.55. The van der Waals surface area contributed by atoms with Gasteiger partial charge in [0.2, 0.25) is 5.88 Å². The summed E-state index contributed by atoms with van der Waals surface area (Å²) < 4.78 is 23.2. The van der Waals surface area contributed by atoms with E-state index in [2.05, 4.69) is 161 Å². The van der Waals surface area contributed by atoms with Crippen molar-refractivity contribution in [2.45, 2.75) is 26.2 Å². The quantitative estimate of drug-likeness (QED) is 0.159. The van der Waals surface area contributed by atoms with Crippen LogP contribution in [0.1, 0.15) is 48.8 Å². The van der Waals surface area contributed by atoms with E-state index in [9.17, 15) is 0 Å². The van der Waals surface area contributed by atoms with Crippen molar-refractivity contribution in [2.75, 3.05) is 0 Å². The SMILES string of the molecule is CC(C)(C)C1=C(c2cnc3c(n2)Oc2ccccc2C32c3ccccc3Oc3ccccc32)C=CN2B3C=CC=CN3B3C=CC=CN3B3C=CC=CN3B12. The number of fused-ring (bicyclic) bond motifs is 16. The second-order valence-corrected chi connectivity index (χ2v) is 15.8. The van der Waals surface area contributed by atoms with Crippen molar-refractivity contribution in [3.8, 4) is 23.1 Å². The number of benzene rings is 3. The fourth-order valence-corrected chi connectivity index (χ4v) is 9.61. The molecule has 0 radical (unpaired) electrons. The molecule has 8 nitrogen and oxygen atoms in total.